The highest BCUT2D eigenvalue weighted by molar-refractivity contribution is 6.33. The fraction of sp³-hybridized carbons (Fsp3) is 0.147. The number of hydrogen-bond donors (Lipinski definition) is 0. The number of rotatable bonds is 4. The largest absolute Gasteiger partial charge is 0.296 e. The third kappa shape index (κ3) is 2.46. The number of hydrogen-bond acceptors (Lipinski definition) is 1. The molecule has 1 nitrogen and oxygen atoms in total. The molecule has 0 saturated carbocycles. The van der Waals surface area contributed by atoms with E-state index in [1.165, 1.54) is 22.3 Å². The molecule has 3 aliphatic rings. The predicted octanol–water partition coefficient (Wildman–Crippen LogP) is 7.55. The van der Waals surface area contributed by atoms with E-state index in [1.807, 2.05) is 12.1 Å². The van der Waals surface area contributed by atoms with E-state index in [-0.39, 0.29) is 0 Å². The van der Waals surface area contributed by atoms with Gasteiger partial charge < -0.3 is 0 Å². The lowest BCUT2D eigenvalue weighted by Crippen LogP contribution is -2.39. The molecule has 0 radical (unpaired) electrons. The van der Waals surface area contributed by atoms with Crippen molar-refractivity contribution < 1.29 is 4.79 Å². The van der Waals surface area contributed by atoms with Crippen molar-refractivity contribution in [1.82, 2.24) is 0 Å². The summed E-state index contributed by atoms with van der Waals surface area (Å²) in [5, 5.41) is 0. The first-order valence-corrected chi connectivity index (χ1v) is 12.6. The van der Waals surface area contributed by atoms with Crippen molar-refractivity contribution in [3.63, 3.8) is 0 Å². The molecule has 4 aromatic carbocycles. The Morgan fingerprint density at radius 1 is 0.457 bits per heavy atom. The molecule has 0 fully saturated rings. The quantitative estimate of drug-likeness (QED) is 0.293. The topological polar surface area (TPSA) is 17.1 Å². The minimum atomic E-state index is -0.755. The molecule has 0 amide bonds. The van der Waals surface area contributed by atoms with Crippen molar-refractivity contribution in [3.8, 4) is 0 Å². The Morgan fingerprint density at radius 3 is 1.17 bits per heavy atom. The molecule has 4 aromatic rings. The standard InChI is InChI=1S/C34H26O/c35-32-33(26-18-9-3-10-19-26)28-22-13-23-29(28)34(32,27-20-11-4-12-21-27)31(25-16-7-2-8-17-25)30(33)24-14-5-1-6-15-24/h1-12,14-21H,13,22-23H2. The van der Waals surface area contributed by atoms with Gasteiger partial charge in [-0.15, -0.1) is 0 Å². The molecule has 0 aromatic heterocycles. The molecule has 0 N–H and O–H groups in total. The smallest absolute Gasteiger partial charge is 0.170 e. The average molecular weight is 451 g/mol. The van der Waals surface area contributed by atoms with Crippen LogP contribution in [0.25, 0.3) is 11.1 Å². The summed E-state index contributed by atoms with van der Waals surface area (Å²) in [6.07, 6.45) is 3.05. The maximum atomic E-state index is 15.3. The van der Waals surface area contributed by atoms with Gasteiger partial charge in [0, 0.05) is 0 Å². The number of carbonyl (C=O) groups is 1. The lowest BCUT2D eigenvalue weighted by atomic mass is 9.66. The van der Waals surface area contributed by atoms with Crippen molar-refractivity contribution in [3.05, 3.63) is 155 Å². The van der Waals surface area contributed by atoms with Crippen LogP contribution in [0.1, 0.15) is 41.5 Å². The second-order valence-corrected chi connectivity index (χ2v) is 9.85. The molecule has 7 rings (SSSR count). The maximum absolute atomic E-state index is 15.3. The van der Waals surface area contributed by atoms with Gasteiger partial charge in [0.1, 0.15) is 10.8 Å². The third-order valence-electron chi connectivity index (χ3n) is 8.34. The van der Waals surface area contributed by atoms with Crippen LogP contribution in [0.2, 0.25) is 0 Å². The van der Waals surface area contributed by atoms with Crippen LogP contribution >= 0.6 is 0 Å². The number of allylic oxidation sites excluding steroid dienone is 4. The van der Waals surface area contributed by atoms with Gasteiger partial charge in [-0.05, 0) is 63.8 Å². The number of carbonyl (C=O) groups excluding carboxylic acids is 1. The van der Waals surface area contributed by atoms with Gasteiger partial charge in [-0.1, -0.05) is 121 Å². The lowest BCUT2D eigenvalue weighted by molar-refractivity contribution is -0.122. The van der Waals surface area contributed by atoms with Crippen LogP contribution in [0.3, 0.4) is 0 Å². The van der Waals surface area contributed by atoms with E-state index < -0.39 is 10.8 Å². The van der Waals surface area contributed by atoms with Crippen molar-refractivity contribution >= 4 is 16.9 Å². The molecule has 2 unspecified atom stereocenters. The first-order chi connectivity index (χ1) is 17.3. The van der Waals surface area contributed by atoms with Crippen LogP contribution in [0.5, 0.6) is 0 Å². The Bertz CT molecular complexity index is 1380. The van der Waals surface area contributed by atoms with Crippen LogP contribution in [-0.2, 0) is 15.6 Å². The predicted molar refractivity (Wildman–Crippen MR) is 142 cm³/mol. The molecule has 3 aliphatic carbocycles. The summed E-state index contributed by atoms with van der Waals surface area (Å²) in [4.78, 5) is 15.3. The van der Waals surface area contributed by atoms with Gasteiger partial charge in [0.25, 0.3) is 0 Å². The fourth-order valence-corrected chi connectivity index (χ4v) is 7.24. The Morgan fingerprint density at radius 2 is 0.800 bits per heavy atom. The Kier molecular flexibility index (Phi) is 4.38. The summed E-state index contributed by atoms with van der Waals surface area (Å²) in [6, 6.07) is 42.3. The number of ketones is 1. The summed E-state index contributed by atoms with van der Waals surface area (Å²) in [5.74, 6) is 0.310. The van der Waals surface area contributed by atoms with E-state index >= 15 is 4.79 Å². The number of Topliss-reactive ketones (excluding diaryl/α,β-unsaturated/α-hetero) is 1. The summed E-state index contributed by atoms with van der Waals surface area (Å²) in [7, 11) is 0. The maximum Gasteiger partial charge on any atom is 0.170 e. The van der Waals surface area contributed by atoms with Gasteiger partial charge in [-0.2, -0.15) is 0 Å². The van der Waals surface area contributed by atoms with Gasteiger partial charge in [-0.3, -0.25) is 4.79 Å². The zero-order valence-corrected chi connectivity index (χ0v) is 19.6. The number of fused-ring (bicyclic) bond motifs is 4. The van der Waals surface area contributed by atoms with Crippen molar-refractivity contribution in [1.29, 1.82) is 0 Å². The van der Waals surface area contributed by atoms with E-state index in [0.29, 0.717) is 5.78 Å². The summed E-state index contributed by atoms with van der Waals surface area (Å²) in [5.41, 5.74) is 8.00. The van der Waals surface area contributed by atoms with Crippen molar-refractivity contribution in [2.24, 2.45) is 0 Å². The Labute approximate surface area is 206 Å². The molecule has 168 valence electrons. The van der Waals surface area contributed by atoms with E-state index in [2.05, 4.69) is 109 Å². The van der Waals surface area contributed by atoms with Crippen LogP contribution in [-0.4, -0.2) is 5.78 Å². The fourth-order valence-electron chi connectivity index (χ4n) is 7.24. The highest BCUT2D eigenvalue weighted by Gasteiger charge is 2.71. The monoisotopic (exact) mass is 450 g/mol. The van der Waals surface area contributed by atoms with E-state index in [0.717, 1.165) is 41.5 Å². The first kappa shape index (κ1) is 20.4. The van der Waals surface area contributed by atoms with Crippen LogP contribution in [0.4, 0.5) is 0 Å². The van der Waals surface area contributed by atoms with Gasteiger partial charge in [0.2, 0.25) is 0 Å². The lowest BCUT2D eigenvalue weighted by Gasteiger charge is -2.35. The summed E-state index contributed by atoms with van der Waals surface area (Å²) in [6.45, 7) is 0. The highest BCUT2D eigenvalue weighted by atomic mass is 16.1. The van der Waals surface area contributed by atoms with Crippen molar-refractivity contribution in [2.75, 3.05) is 0 Å². The number of benzene rings is 4. The second kappa shape index (κ2) is 7.52. The molecule has 0 saturated heterocycles. The third-order valence-corrected chi connectivity index (χ3v) is 8.34. The molecule has 2 bridgehead atoms. The molecule has 0 aliphatic heterocycles. The summed E-state index contributed by atoms with van der Waals surface area (Å²) < 4.78 is 0. The van der Waals surface area contributed by atoms with E-state index in [1.54, 1.807) is 0 Å². The summed E-state index contributed by atoms with van der Waals surface area (Å²) >= 11 is 0. The van der Waals surface area contributed by atoms with Crippen LogP contribution < -0.4 is 0 Å². The van der Waals surface area contributed by atoms with Gasteiger partial charge in [0.05, 0.1) is 0 Å². The minimum absolute atomic E-state index is 0.310. The average Bonchev–Trinajstić information content (AvgIpc) is 3.57. The zero-order valence-electron chi connectivity index (χ0n) is 19.6. The van der Waals surface area contributed by atoms with Crippen LogP contribution in [0.15, 0.2) is 132 Å². The van der Waals surface area contributed by atoms with E-state index in [4.69, 9.17) is 0 Å². The van der Waals surface area contributed by atoms with Gasteiger partial charge in [-0.25, -0.2) is 0 Å². The molecule has 2 atom stereocenters. The molecule has 35 heavy (non-hydrogen) atoms. The molecule has 1 heteroatoms. The molecule has 0 spiro atoms. The normalized spacial score (nSPS) is 24.9. The molecular weight excluding hydrogens is 424 g/mol. The highest BCUT2D eigenvalue weighted by Crippen LogP contribution is 2.72. The molecular formula is C34H26O. The zero-order chi connectivity index (χ0) is 23.5. The van der Waals surface area contributed by atoms with E-state index in [9.17, 15) is 0 Å². The first-order valence-electron chi connectivity index (χ1n) is 12.6. The molecule has 0 heterocycles. The second-order valence-electron chi connectivity index (χ2n) is 9.85. The van der Waals surface area contributed by atoms with Gasteiger partial charge in [0.15, 0.2) is 5.78 Å². The Hall–Kier alpha value is -3.97. The minimum Gasteiger partial charge on any atom is -0.296 e. The SMILES string of the molecule is O=C1C2(c3ccccc3)C3=C(CCC3)C1(c1ccccc1)C(c1ccccc1)=C2c1ccccc1. The Balaban J connectivity index is 1.71. The van der Waals surface area contributed by atoms with Crippen molar-refractivity contribution in [2.45, 2.75) is 30.1 Å². The van der Waals surface area contributed by atoms with Gasteiger partial charge >= 0.3 is 0 Å². The van der Waals surface area contributed by atoms with Crippen LogP contribution in [0, 0.1) is 0 Å².